The molecule has 6 nitrogen and oxygen atoms in total. The minimum absolute atomic E-state index is 0.0331. The van der Waals surface area contributed by atoms with E-state index in [4.69, 9.17) is 4.74 Å². The Morgan fingerprint density at radius 1 is 0.967 bits per heavy atom. The highest BCUT2D eigenvalue weighted by molar-refractivity contribution is 7.89. The van der Waals surface area contributed by atoms with Gasteiger partial charge in [0.05, 0.1) is 23.0 Å². The highest BCUT2D eigenvalue weighted by Gasteiger charge is 2.43. The highest BCUT2D eigenvalue weighted by Crippen LogP contribution is 2.38. The van der Waals surface area contributed by atoms with Gasteiger partial charge in [-0.05, 0) is 37.5 Å². The molecular formula is C23H28N2O4S. The van der Waals surface area contributed by atoms with Gasteiger partial charge in [-0.2, -0.15) is 4.31 Å². The van der Waals surface area contributed by atoms with Crippen LogP contribution in [0, 0.1) is 5.92 Å². The molecule has 1 amide bonds. The van der Waals surface area contributed by atoms with Gasteiger partial charge in [-0.3, -0.25) is 4.79 Å². The van der Waals surface area contributed by atoms with E-state index in [-0.39, 0.29) is 35.4 Å². The first-order chi connectivity index (χ1) is 14.5. The molecule has 4 rings (SSSR count). The van der Waals surface area contributed by atoms with Crippen molar-refractivity contribution in [1.29, 1.82) is 0 Å². The third-order valence-electron chi connectivity index (χ3n) is 5.98. The Morgan fingerprint density at radius 2 is 1.60 bits per heavy atom. The summed E-state index contributed by atoms with van der Waals surface area (Å²) in [7, 11) is -3.72. The summed E-state index contributed by atoms with van der Waals surface area (Å²) in [5.74, 6) is -0.295. The van der Waals surface area contributed by atoms with Gasteiger partial charge in [0.15, 0.2) is 0 Å². The van der Waals surface area contributed by atoms with Crippen LogP contribution >= 0.6 is 0 Å². The standard InChI is InChI=1S/C23H28N2O4S/c1-2-29-20-16-24(17-20)23(26)19-13-14-22(18-9-5-3-6-10-18)25(15-19)30(27,28)21-11-7-4-8-12-21/h3-12,19-20,22H,2,13-17H2,1H3/t19-,22-/m1/s1. The largest absolute Gasteiger partial charge is 0.375 e. The van der Waals surface area contributed by atoms with E-state index in [9.17, 15) is 13.2 Å². The molecule has 0 unspecified atom stereocenters. The Hall–Kier alpha value is -2.22. The van der Waals surface area contributed by atoms with Crippen LogP contribution in [0.25, 0.3) is 0 Å². The highest BCUT2D eigenvalue weighted by atomic mass is 32.2. The molecule has 2 atom stereocenters. The molecule has 0 aromatic heterocycles. The van der Waals surface area contributed by atoms with Crippen molar-refractivity contribution in [3.63, 3.8) is 0 Å². The molecule has 2 aliphatic rings. The zero-order valence-corrected chi connectivity index (χ0v) is 18.0. The van der Waals surface area contributed by atoms with Crippen molar-refractivity contribution in [2.24, 2.45) is 5.92 Å². The lowest BCUT2D eigenvalue weighted by Crippen LogP contribution is -2.58. The number of piperidine rings is 1. The summed E-state index contributed by atoms with van der Waals surface area (Å²) in [6.07, 6.45) is 1.40. The predicted molar refractivity (Wildman–Crippen MR) is 114 cm³/mol. The van der Waals surface area contributed by atoms with E-state index in [1.165, 1.54) is 4.31 Å². The number of rotatable bonds is 6. The SMILES string of the molecule is CCOC1CN(C(=O)[C@@H]2CC[C@H](c3ccccc3)N(S(=O)(=O)c3ccccc3)C2)C1. The lowest BCUT2D eigenvalue weighted by atomic mass is 9.89. The van der Waals surface area contributed by atoms with Gasteiger partial charge in [0, 0.05) is 26.2 Å². The number of carbonyl (C=O) groups is 1. The second-order valence-electron chi connectivity index (χ2n) is 7.91. The molecule has 7 heteroatoms. The van der Waals surface area contributed by atoms with Crippen LogP contribution in [0.4, 0.5) is 0 Å². The van der Waals surface area contributed by atoms with Crippen LogP contribution in [0.5, 0.6) is 0 Å². The van der Waals surface area contributed by atoms with Gasteiger partial charge < -0.3 is 9.64 Å². The number of benzene rings is 2. The van der Waals surface area contributed by atoms with Crippen LogP contribution in [0.1, 0.15) is 31.4 Å². The molecule has 2 aliphatic heterocycles. The average molecular weight is 429 g/mol. The number of nitrogens with zero attached hydrogens (tertiary/aromatic N) is 2. The molecule has 0 aliphatic carbocycles. The van der Waals surface area contributed by atoms with Gasteiger partial charge in [-0.15, -0.1) is 0 Å². The summed E-state index contributed by atoms with van der Waals surface area (Å²) < 4.78 is 34.1. The third-order valence-corrected chi connectivity index (χ3v) is 7.87. The van der Waals surface area contributed by atoms with E-state index < -0.39 is 10.0 Å². The van der Waals surface area contributed by atoms with Crippen molar-refractivity contribution < 1.29 is 17.9 Å². The van der Waals surface area contributed by atoms with Crippen molar-refractivity contribution in [1.82, 2.24) is 9.21 Å². The van der Waals surface area contributed by atoms with Crippen molar-refractivity contribution in [3.05, 3.63) is 66.2 Å². The lowest BCUT2D eigenvalue weighted by Gasteiger charge is -2.44. The lowest BCUT2D eigenvalue weighted by molar-refractivity contribution is -0.150. The fourth-order valence-corrected chi connectivity index (χ4v) is 6.07. The molecule has 2 heterocycles. The Bertz CT molecular complexity index is 959. The van der Waals surface area contributed by atoms with E-state index in [0.29, 0.717) is 32.5 Å². The number of hydrogen-bond donors (Lipinski definition) is 0. The average Bonchev–Trinajstić information content (AvgIpc) is 2.76. The van der Waals surface area contributed by atoms with Gasteiger partial charge in [-0.1, -0.05) is 48.5 Å². The Balaban J connectivity index is 1.58. The number of ether oxygens (including phenoxy) is 1. The first kappa shape index (κ1) is 21.0. The minimum Gasteiger partial charge on any atom is -0.375 e. The number of hydrogen-bond acceptors (Lipinski definition) is 4. The number of carbonyl (C=O) groups excluding carboxylic acids is 1. The van der Waals surface area contributed by atoms with Gasteiger partial charge in [0.1, 0.15) is 0 Å². The molecule has 0 saturated carbocycles. The van der Waals surface area contributed by atoms with Gasteiger partial charge >= 0.3 is 0 Å². The summed E-state index contributed by atoms with van der Waals surface area (Å²) in [6.45, 7) is 3.97. The fraction of sp³-hybridized carbons (Fsp3) is 0.435. The number of sulfonamides is 1. The molecule has 2 aromatic carbocycles. The topological polar surface area (TPSA) is 66.9 Å². The first-order valence-electron chi connectivity index (χ1n) is 10.5. The summed E-state index contributed by atoms with van der Waals surface area (Å²) >= 11 is 0. The normalized spacial score (nSPS) is 23.2. The zero-order valence-electron chi connectivity index (χ0n) is 17.2. The molecular weight excluding hydrogens is 400 g/mol. The summed E-state index contributed by atoms with van der Waals surface area (Å²) in [6, 6.07) is 17.9. The first-order valence-corrected chi connectivity index (χ1v) is 12.0. The molecule has 2 fully saturated rings. The van der Waals surface area contributed by atoms with Crippen LogP contribution in [-0.4, -0.2) is 55.9 Å². The van der Waals surface area contributed by atoms with Crippen molar-refractivity contribution in [2.75, 3.05) is 26.2 Å². The Kier molecular flexibility index (Phi) is 6.22. The summed E-state index contributed by atoms with van der Waals surface area (Å²) in [5, 5.41) is 0. The van der Waals surface area contributed by atoms with E-state index in [1.54, 1.807) is 35.2 Å². The molecule has 2 saturated heterocycles. The van der Waals surface area contributed by atoms with Crippen LogP contribution in [0.3, 0.4) is 0 Å². The van der Waals surface area contributed by atoms with E-state index >= 15 is 0 Å². The van der Waals surface area contributed by atoms with E-state index in [0.717, 1.165) is 5.56 Å². The Labute approximate surface area is 178 Å². The number of likely N-dealkylation sites (tertiary alicyclic amines) is 1. The molecule has 0 radical (unpaired) electrons. The predicted octanol–water partition coefficient (Wildman–Crippen LogP) is 3.08. The minimum atomic E-state index is -3.72. The fourth-order valence-electron chi connectivity index (χ4n) is 4.36. The van der Waals surface area contributed by atoms with Crippen LogP contribution in [0.15, 0.2) is 65.6 Å². The van der Waals surface area contributed by atoms with E-state index in [2.05, 4.69) is 0 Å². The van der Waals surface area contributed by atoms with Gasteiger partial charge in [-0.25, -0.2) is 8.42 Å². The molecule has 0 bridgehead atoms. The van der Waals surface area contributed by atoms with Crippen molar-refractivity contribution in [3.8, 4) is 0 Å². The van der Waals surface area contributed by atoms with Gasteiger partial charge in [0.2, 0.25) is 15.9 Å². The maximum Gasteiger partial charge on any atom is 0.243 e. The molecule has 2 aromatic rings. The molecule has 160 valence electrons. The quantitative estimate of drug-likeness (QED) is 0.709. The van der Waals surface area contributed by atoms with Crippen LogP contribution in [-0.2, 0) is 19.6 Å². The molecule has 30 heavy (non-hydrogen) atoms. The monoisotopic (exact) mass is 428 g/mol. The second kappa shape index (κ2) is 8.88. The smallest absolute Gasteiger partial charge is 0.243 e. The summed E-state index contributed by atoms with van der Waals surface area (Å²) in [5.41, 5.74) is 0.961. The number of amides is 1. The van der Waals surface area contributed by atoms with Crippen LogP contribution < -0.4 is 0 Å². The molecule has 0 spiro atoms. The summed E-state index contributed by atoms with van der Waals surface area (Å²) in [4.78, 5) is 15.1. The van der Waals surface area contributed by atoms with Gasteiger partial charge in [0.25, 0.3) is 0 Å². The maximum absolute atomic E-state index is 13.5. The Morgan fingerprint density at radius 3 is 2.23 bits per heavy atom. The second-order valence-corrected chi connectivity index (χ2v) is 9.80. The van der Waals surface area contributed by atoms with Crippen LogP contribution in [0.2, 0.25) is 0 Å². The van der Waals surface area contributed by atoms with Crippen molar-refractivity contribution >= 4 is 15.9 Å². The molecule has 0 N–H and O–H groups in total. The van der Waals surface area contributed by atoms with Crippen molar-refractivity contribution in [2.45, 2.75) is 36.8 Å². The zero-order chi connectivity index (χ0) is 21.1. The van der Waals surface area contributed by atoms with E-state index in [1.807, 2.05) is 37.3 Å². The third kappa shape index (κ3) is 4.15. The maximum atomic E-state index is 13.5.